The number of aliphatic carboxylic acids is 1. The molecule has 1 aromatic rings. The molecule has 0 spiro atoms. The summed E-state index contributed by atoms with van der Waals surface area (Å²) >= 11 is 1.06. The van der Waals surface area contributed by atoms with Crippen LogP contribution in [0.2, 0.25) is 0 Å². The number of carboxylic acid groups (broad SMARTS) is 1. The van der Waals surface area contributed by atoms with Crippen molar-refractivity contribution in [3.05, 3.63) is 17.5 Å². The van der Waals surface area contributed by atoms with Crippen LogP contribution in [0.5, 0.6) is 0 Å². The van der Waals surface area contributed by atoms with Crippen LogP contribution in [0.3, 0.4) is 0 Å². The van der Waals surface area contributed by atoms with Crippen LogP contribution < -0.4 is 4.72 Å². The highest BCUT2D eigenvalue weighted by Gasteiger charge is 2.33. The summed E-state index contributed by atoms with van der Waals surface area (Å²) in [6.45, 7) is 2.11. The Balaban J connectivity index is 2.07. The molecule has 1 aliphatic rings. The van der Waals surface area contributed by atoms with Gasteiger partial charge in [0, 0.05) is 6.54 Å². The third kappa shape index (κ3) is 4.50. The summed E-state index contributed by atoms with van der Waals surface area (Å²) in [5.41, 5.74) is 0. The normalized spacial score (nSPS) is 20.2. The predicted molar refractivity (Wildman–Crippen MR) is 82.7 cm³/mol. The number of morpholine rings is 1. The van der Waals surface area contributed by atoms with Gasteiger partial charge >= 0.3 is 5.97 Å². The highest BCUT2D eigenvalue weighted by molar-refractivity contribution is 7.91. The molecule has 2 unspecified atom stereocenters. The van der Waals surface area contributed by atoms with Crippen molar-refractivity contribution in [3.8, 4) is 0 Å². The average Bonchev–Trinajstić information content (AvgIpc) is 3.01. The van der Waals surface area contributed by atoms with Gasteiger partial charge in [-0.3, -0.25) is 9.59 Å². The maximum absolute atomic E-state index is 12.5. The number of hydrogen-bond acceptors (Lipinski definition) is 6. The van der Waals surface area contributed by atoms with Crippen molar-refractivity contribution >= 4 is 33.2 Å². The molecule has 23 heavy (non-hydrogen) atoms. The molecule has 128 valence electrons. The lowest BCUT2D eigenvalue weighted by Crippen LogP contribution is -2.55. The van der Waals surface area contributed by atoms with E-state index in [1.54, 1.807) is 11.4 Å². The number of nitrogens with one attached hydrogen (secondary N) is 1. The summed E-state index contributed by atoms with van der Waals surface area (Å²) in [6, 6.07) is 1.47. The molecule has 0 bridgehead atoms. The van der Waals surface area contributed by atoms with E-state index in [4.69, 9.17) is 9.84 Å². The lowest BCUT2D eigenvalue weighted by Gasteiger charge is -2.36. The van der Waals surface area contributed by atoms with Crippen molar-refractivity contribution in [3.63, 3.8) is 0 Å². The molecule has 2 N–H and O–H groups in total. The Kier molecular flexibility index (Phi) is 5.74. The van der Waals surface area contributed by atoms with E-state index in [2.05, 4.69) is 4.72 Å². The van der Waals surface area contributed by atoms with Crippen molar-refractivity contribution in [1.82, 2.24) is 9.62 Å². The number of nitrogens with zero attached hydrogens (tertiary/aromatic N) is 1. The fraction of sp³-hybridized carbons (Fsp3) is 0.538. The summed E-state index contributed by atoms with van der Waals surface area (Å²) in [5, 5.41) is 10.5. The predicted octanol–water partition coefficient (Wildman–Crippen LogP) is 0.117. The second-order valence-corrected chi connectivity index (χ2v) is 8.02. The first kappa shape index (κ1) is 17.9. The van der Waals surface area contributed by atoms with Crippen molar-refractivity contribution in [2.75, 3.05) is 19.8 Å². The number of sulfonamides is 1. The lowest BCUT2D eigenvalue weighted by molar-refractivity contribution is -0.147. The van der Waals surface area contributed by atoms with Crippen LogP contribution in [0.1, 0.15) is 13.3 Å². The maximum Gasteiger partial charge on any atom is 0.305 e. The van der Waals surface area contributed by atoms with Gasteiger partial charge in [0.2, 0.25) is 5.91 Å². The largest absolute Gasteiger partial charge is 0.481 e. The van der Waals surface area contributed by atoms with Crippen molar-refractivity contribution < 1.29 is 27.9 Å². The smallest absolute Gasteiger partial charge is 0.305 e. The van der Waals surface area contributed by atoms with Crippen LogP contribution in [0, 0.1) is 0 Å². The summed E-state index contributed by atoms with van der Waals surface area (Å²) in [4.78, 5) is 24.8. The van der Waals surface area contributed by atoms with Gasteiger partial charge < -0.3 is 14.7 Å². The van der Waals surface area contributed by atoms with Gasteiger partial charge in [-0.2, -0.15) is 4.72 Å². The SMILES string of the molecule is CC(NS(=O)(=O)c1cccs1)C(=O)N1CCOCC1CC(=O)O. The first-order valence-corrected chi connectivity index (χ1v) is 9.33. The number of amides is 1. The van der Waals surface area contributed by atoms with Crippen molar-refractivity contribution in [2.45, 2.75) is 29.6 Å². The Bertz CT molecular complexity index is 658. The van der Waals surface area contributed by atoms with E-state index < -0.39 is 34.0 Å². The third-order valence-corrected chi connectivity index (χ3v) is 6.32. The minimum Gasteiger partial charge on any atom is -0.481 e. The Labute approximate surface area is 138 Å². The van der Waals surface area contributed by atoms with Crippen LogP contribution in [0.25, 0.3) is 0 Å². The van der Waals surface area contributed by atoms with Gasteiger partial charge in [-0.1, -0.05) is 6.07 Å². The third-order valence-electron chi connectivity index (χ3n) is 3.38. The molecule has 0 saturated carbocycles. The number of ether oxygens (including phenoxy) is 1. The molecule has 1 aromatic heterocycles. The van der Waals surface area contributed by atoms with Gasteiger partial charge in [0.05, 0.1) is 31.7 Å². The molecule has 8 nitrogen and oxygen atoms in total. The van der Waals surface area contributed by atoms with Gasteiger partial charge in [-0.05, 0) is 18.4 Å². The molecule has 1 amide bonds. The van der Waals surface area contributed by atoms with E-state index in [1.807, 2.05) is 0 Å². The van der Waals surface area contributed by atoms with E-state index >= 15 is 0 Å². The fourth-order valence-corrected chi connectivity index (χ4v) is 4.53. The fourth-order valence-electron chi connectivity index (χ4n) is 2.32. The minimum atomic E-state index is -3.77. The lowest BCUT2D eigenvalue weighted by atomic mass is 10.1. The Morgan fingerprint density at radius 3 is 2.91 bits per heavy atom. The minimum absolute atomic E-state index is 0.126. The number of carbonyl (C=O) groups excluding carboxylic acids is 1. The summed E-state index contributed by atoms with van der Waals surface area (Å²) in [6.07, 6.45) is -0.240. The zero-order chi connectivity index (χ0) is 17.0. The van der Waals surface area contributed by atoms with Crippen molar-refractivity contribution in [2.24, 2.45) is 0 Å². The van der Waals surface area contributed by atoms with Crippen LogP contribution >= 0.6 is 11.3 Å². The van der Waals surface area contributed by atoms with Crippen LogP contribution in [-0.4, -0.2) is 62.1 Å². The number of rotatable bonds is 6. The highest BCUT2D eigenvalue weighted by Crippen LogP contribution is 2.17. The molecule has 0 aliphatic carbocycles. The standard InChI is InChI=1S/C13H18N2O6S2/c1-9(14-23(19,20)12-3-2-6-22-12)13(18)15-4-5-21-8-10(15)7-11(16)17/h2-3,6,9-10,14H,4-5,7-8H2,1H3,(H,16,17). The molecule has 2 atom stereocenters. The Hall–Kier alpha value is -1.49. The number of hydrogen-bond donors (Lipinski definition) is 2. The molecule has 0 radical (unpaired) electrons. The second kappa shape index (κ2) is 7.39. The van der Waals surface area contributed by atoms with Crippen LogP contribution in [-0.2, 0) is 24.3 Å². The van der Waals surface area contributed by atoms with Gasteiger partial charge in [0.25, 0.3) is 10.0 Å². The highest BCUT2D eigenvalue weighted by atomic mass is 32.2. The van der Waals surface area contributed by atoms with Gasteiger partial charge in [-0.25, -0.2) is 8.42 Å². The van der Waals surface area contributed by atoms with E-state index in [0.29, 0.717) is 6.61 Å². The van der Waals surface area contributed by atoms with E-state index in [0.717, 1.165) is 11.3 Å². The van der Waals surface area contributed by atoms with Gasteiger partial charge in [-0.15, -0.1) is 11.3 Å². The summed E-state index contributed by atoms with van der Waals surface area (Å²) < 4.78 is 32.0. The van der Waals surface area contributed by atoms with Gasteiger partial charge in [0.15, 0.2) is 0 Å². The molecular weight excluding hydrogens is 344 g/mol. The average molecular weight is 362 g/mol. The van der Waals surface area contributed by atoms with Gasteiger partial charge in [0.1, 0.15) is 4.21 Å². The molecule has 1 aliphatic heterocycles. The molecule has 2 heterocycles. The van der Waals surface area contributed by atoms with E-state index in [1.165, 1.54) is 17.9 Å². The number of carboxylic acids is 1. The zero-order valence-corrected chi connectivity index (χ0v) is 14.1. The Morgan fingerprint density at radius 2 is 2.30 bits per heavy atom. The van der Waals surface area contributed by atoms with Crippen LogP contribution in [0.15, 0.2) is 21.7 Å². The quantitative estimate of drug-likeness (QED) is 0.743. The van der Waals surface area contributed by atoms with Crippen molar-refractivity contribution in [1.29, 1.82) is 0 Å². The molecule has 0 aromatic carbocycles. The number of thiophene rings is 1. The van der Waals surface area contributed by atoms with E-state index in [-0.39, 0.29) is 23.8 Å². The van der Waals surface area contributed by atoms with E-state index in [9.17, 15) is 18.0 Å². The monoisotopic (exact) mass is 362 g/mol. The summed E-state index contributed by atoms with van der Waals surface area (Å²) in [5.74, 6) is -1.50. The van der Waals surface area contributed by atoms with Crippen LogP contribution in [0.4, 0.5) is 0 Å². The molecule has 1 fully saturated rings. The first-order valence-electron chi connectivity index (χ1n) is 6.97. The summed E-state index contributed by atoms with van der Waals surface area (Å²) in [7, 11) is -3.77. The second-order valence-electron chi connectivity index (χ2n) is 5.13. The zero-order valence-electron chi connectivity index (χ0n) is 12.5. The Morgan fingerprint density at radius 1 is 1.57 bits per heavy atom. The first-order chi connectivity index (χ1) is 10.8. The topological polar surface area (TPSA) is 113 Å². The molecule has 1 saturated heterocycles. The molecular formula is C13H18N2O6S2. The number of carbonyl (C=O) groups is 2. The molecule has 2 rings (SSSR count). The molecule has 10 heteroatoms. The maximum atomic E-state index is 12.5.